The second-order valence-corrected chi connectivity index (χ2v) is 13.0. The third-order valence-electron chi connectivity index (χ3n) is 7.00. The predicted molar refractivity (Wildman–Crippen MR) is 181 cm³/mol. The zero-order chi connectivity index (χ0) is 30.6. The number of para-hydroxylation sites is 1. The van der Waals surface area contributed by atoms with Crippen molar-refractivity contribution in [3.05, 3.63) is 156 Å². The van der Waals surface area contributed by atoms with E-state index in [0.29, 0.717) is 6.54 Å². The fraction of sp³-hybridized carbons (Fsp3) is 0.105. The van der Waals surface area contributed by atoms with E-state index in [1.807, 2.05) is 48.5 Å². The summed E-state index contributed by atoms with van der Waals surface area (Å²) in [6, 6.07) is 45.4. The number of hydrogen-bond donors (Lipinski definition) is 1. The van der Waals surface area contributed by atoms with Gasteiger partial charge in [0, 0.05) is 0 Å². The molecule has 0 amide bonds. The first-order valence-corrected chi connectivity index (χ1v) is 16.6. The van der Waals surface area contributed by atoms with Gasteiger partial charge in [0.25, 0.3) is 0 Å². The number of rotatable bonds is 12. The molecule has 5 nitrogen and oxygen atoms in total. The van der Waals surface area contributed by atoms with Crippen LogP contribution in [-0.2, 0) is 16.1 Å². The first kappa shape index (κ1) is 31.0. The molecule has 6 heteroatoms. The maximum atomic E-state index is 11.9. The number of benzene rings is 5. The summed E-state index contributed by atoms with van der Waals surface area (Å²) >= 11 is -0.890. The van der Waals surface area contributed by atoms with E-state index in [-0.39, 0.29) is 6.04 Å². The normalized spacial score (nSPS) is 12.2. The first-order valence-electron chi connectivity index (χ1n) is 14.3. The Morgan fingerprint density at radius 3 is 2.11 bits per heavy atom. The number of ether oxygens (including phenoxy) is 2. The zero-order valence-corrected chi connectivity index (χ0v) is 27.1. The molecule has 0 saturated carbocycles. The van der Waals surface area contributed by atoms with Gasteiger partial charge >= 0.3 is 271 Å². The molecule has 0 radical (unpaired) electrons. The van der Waals surface area contributed by atoms with Gasteiger partial charge in [0.1, 0.15) is 0 Å². The van der Waals surface area contributed by atoms with Crippen molar-refractivity contribution in [2.45, 2.75) is 12.6 Å². The van der Waals surface area contributed by atoms with Gasteiger partial charge in [0.15, 0.2) is 0 Å². The van der Waals surface area contributed by atoms with Crippen molar-refractivity contribution in [3.63, 3.8) is 0 Å². The van der Waals surface area contributed by atoms with Crippen LogP contribution in [0.25, 0.3) is 17.2 Å². The standard InChI is InChI=1S/C38H34N2O3Te/c1-42-31-24-21-30(22-25-31)37(39-27-28-13-5-3-6-14-28)38(44-32-16-7-4-8-17-32)40-35-20-12-11-19-34(35)33-18-10-9-15-29(33)23-26-36(41)43-2/h3-26,37,39H,27H2,1-2H3/b26-23+,40-38?. The molecule has 0 aliphatic rings. The quantitative estimate of drug-likeness (QED) is 0.0654. The van der Waals surface area contributed by atoms with E-state index >= 15 is 0 Å². The van der Waals surface area contributed by atoms with E-state index in [1.165, 1.54) is 22.4 Å². The molecule has 5 aromatic carbocycles. The van der Waals surface area contributed by atoms with Crippen molar-refractivity contribution in [2.24, 2.45) is 4.99 Å². The molecule has 0 fully saturated rings. The molecular formula is C38H34N2O3Te. The molecule has 5 rings (SSSR count). The summed E-state index contributed by atoms with van der Waals surface area (Å²) in [5.74, 6) is 0.421. The van der Waals surface area contributed by atoms with Crippen LogP contribution in [0, 0.1) is 0 Å². The van der Waals surface area contributed by atoms with Crippen LogP contribution in [-0.4, -0.2) is 44.9 Å². The van der Waals surface area contributed by atoms with Crippen LogP contribution in [0.2, 0.25) is 0 Å². The van der Waals surface area contributed by atoms with Gasteiger partial charge in [-0.05, 0) is 0 Å². The number of esters is 1. The third-order valence-corrected chi connectivity index (χ3v) is 9.98. The van der Waals surface area contributed by atoms with Crippen molar-refractivity contribution in [1.29, 1.82) is 0 Å². The Hall–Kier alpha value is -4.47. The molecule has 0 aliphatic heterocycles. The molecule has 5 aromatic rings. The molecule has 44 heavy (non-hydrogen) atoms. The van der Waals surface area contributed by atoms with E-state index in [4.69, 9.17) is 14.5 Å². The van der Waals surface area contributed by atoms with Gasteiger partial charge in [-0.2, -0.15) is 0 Å². The van der Waals surface area contributed by atoms with E-state index in [2.05, 4.69) is 90.2 Å². The summed E-state index contributed by atoms with van der Waals surface area (Å²) in [6.45, 7) is 0.696. The van der Waals surface area contributed by atoms with Crippen molar-refractivity contribution in [1.82, 2.24) is 5.32 Å². The van der Waals surface area contributed by atoms with Crippen LogP contribution in [0.3, 0.4) is 0 Å². The summed E-state index contributed by atoms with van der Waals surface area (Å²) < 4.78 is 12.7. The number of hydrogen-bond acceptors (Lipinski definition) is 5. The van der Waals surface area contributed by atoms with Gasteiger partial charge in [-0.25, -0.2) is 0 Å². The van der Waals surface area contributed by atoms with Crippen LogP contribution in [0.15, 0.2) is 145 Å². The Morgan fingerprint density at radius 2 is 1.41 bits per heavy atom. The summed E-state index contributed by atoms with van der Waals surface area (Å²) in [4.78, 5) is 17.4. The van der Waals surface area contributed by atoms with Crippen molar-refractivity contribution >= 4 is 46.0 Å². The van der Waals surface area contributed by atoms with Crippen LogP contribution in [0.1, 0.15) is 22.7 Å². The van der Waals surface area contributed by atoms with Crippen LogP contribution in [0.5, 0.6) is 5.75 Å². The van der Waals surface area contributed by atoms with Gasteiger partial charge in [-0.3, -0.25) is 0 Å². The third kappa shape index (κ3) is 8.33. The van der Waals surface area contributed by atoms with E-state index in [0.717, 1.165) is 37.5 Å². The summed E-state index contributed by atoms with van der Waals surface area (Å²) in [6.07, 6.45) is 3.24. The minimum absolute atomic E-state index is 0.119. The molecule has 0 saturated heterocycles. The second-order valence-electron chi connectivity index (χ2n) is 9.90. The average Bonchev–Trinajstić information content (AvgIpc) is 3.09. The summed E-state index contributed by atoms with van der Waals surface area (Å²) in [5.41, 5.74) is 6.10. The van der Waals surface area contributed by atoms with Gasteiger partial charge in [0.05, 0.1) is 0 Å². The molecule has 0 bridgehead atoms. The number of aliphatic imine (C=N–C) groups is 1. The molecule has 0 aromatic heterocycles. The second kappa shape index (κ2) is 15.8. The molecule has 0 heterocycles. The number of carbonyl (C=O) groups excluding carboxylic acids is 1. The van der Waals surface area contributed by atoms with Crippen LogP contribution < -0.4 is 13.7 Å². The van der Waals surface area contributed by atoms with Crippen molar-refractivity contribution in [3.8, 4) is 16.9 Å². The topological polar surface area (TPSA) is 59.9 Å². The average molecular weight is 694 g/mol. The van der Waals surface area contributed by atoms with Crippen LogP contribution >= 0.6 is 0 Å². The maximum absolute atomic E-state index is 11.9. The van der Waals surface area contributed by atoms with E-state index < -0.39 is 26.9 Å². The van der Waals surface area contributed by atoms with Gasteiger partial charge < -0.3 is 0 Å². The fourth-order valence-corrected chi connectivity index (χ4v) is 7.65. The van der Waals surface area contributed by atoms with Crippen molar-refractivity contribution < 1.29 is 14.3 Å². The Labute approximate surface area is 269 Å². The van der Waals surface area contributed by atoms with Gasteiger partial charge in [-0.1, -0.05) is 0 Å². The Balaban J connectivity index is 1.63. The molecule has 0 aliphatic carbocycles. The number of methoxy groups -OCH3 is 2. The summed E-state index contributed by atoms with van der Waals surface area (Å²) in [7, 11) is 3.07. The van der Waals surface area contributed by atoms with E-state index in [9.17, 15) is 4.79 Å². The van der Waals surface area contributed by atoms with E-state index in [1.54, 1.807) is 13.2 Å². The number of nitrogens with one attached hydrogen (secondary N) is 1. The molecule has 1 unspecified atom stereocenters. The molecule has 1 N–H and O–H groups in total. The van der Waals surface area contributed by atoms with Gasteiger partial charge in [0.2, 0.25) is 0 Å². The SMILES string of the molecule is COC(=O)/C=C/c1ccccc1-c1ccccc1N=C([Te]c1ccccc1)C(NCc1ccccc1)c1ccc(OC)cc1. The Morgan fingerprint density at radius 1 is 0.773 bits per heavy atom. The molecular weight excluding hydrogens is 660 g/mol. The Bertz CT molecular complexity index is 1720. The molecule has 1 atom stereocenters. The number of nitrogens with zero attached hydrogens (tertiary/aromatic N) is 1. The first-order chi connectivity index (χ1) is 21.6. The van der Waals surface area contributed by atoms with Gasteiger partial charge in [-0.15, -0.1) is 0 Å². The van der Waals surface area contributed by atoms with Crippen LogP contribution in [0.4, 0.5) is 5.69 Å². The molecule has 0 spiro atoms. The number of carbonyl (C=O) groups is 1. The molecule has 220 valence electrons. The van der Waals surface area contributed by atoms with Crippen molar-refractivity contribution in [2.75, 3.05) is 14.2 Å². The Kier molecular flexibility index (Phi) is 11.2. The minimum atomic E-state index is -0.890. The fourth-order valence-electron chi connectivity index (χ4n) is 4.75. The summed E-state index contributed by atoms with van der Waals surface area (Å²) in [5, 5.41) is 3.84. The predicted octanol–water partition coefficient (Wildman–Crippen LogP) is 7.14. The monoisotopic (exact) mass is 696 g/mol. The zero-order valence-electron chi connectivity index (χ0n) is 24.7.